The first kappa shape index (κ1) is 29.2. The molecule has 34 heavy (non-hydrogen) atoms. The lowest BCUT2D eigenvalue weighted by molar-refractivity contribution is -0.141. The van der Waals surface area contributed by atoms with Gasteiger partial charge in [-0.05, 0) is 55.4 Å². The predicted octanol–water partition coefficient (Wildman–Crippen LogP) is 0.620. The molecule has 0 saturated carbocycles. The second-order valence-corrected chi connectivity index (χ2v) is 9.56. The summed E-state index contributed by atoms with van der Waals surface area (Å²) in [6.45, 7) is 5.11. The molecule has 1 aromatic rings. The molecule has 10 nitrogen and oxygen atoms in total. The number of hydrogen-bond acceptors (Lipinski definition) is 7. The number of thioether (sulfide) groups is 1. The zero-order valence-corrected chi connectivity index (χ0v) is 20.9. The minimum Gasteiger partial charge on any atom is -0.508 e. The summed E-state index contributed by atoms with van der Waals surface area (Å²) < 4.78 is 0. The Morgan fingerprint density at radius 2 is 1.50 bits per heavy atom. The van der Waals surface area contributed by atoms with Gasteiger partial charge in [0.15, 0.2) is 0 Å². The van der Waals surface area contributed by atoms with Crippen LogP contribution in [0.4, 0.5) is 0 Å². The van der Waals surface area contributed by atoms with Crippen LogP contribution >= 0.6 is 11.8 Å². The Morgan fingerprint density at radius 1 is 0.941 bits per heavy atom. The summed E-state index contributed by atoms with van der Waals surface area (Å²) in [5.74, 6) is -2.10. The van der Waals surface area contributed by atoms with E-state index in [4.69, 9.17) is 10.8 Å². The Kier molecular flexibility index (Phi) is 12.4. The summed E-state index contributed by atoms with van der Waals surface area (Å²) in [7, 11) is 0. The number of phenols is 1. The van der Waals surface area contributed by atoms with E-state index in [1.54, 1.807) is 23.9 Å². The van der Waals surface area contributed by atoms with Crippen molar-refractivity contribution in [2.75, 3.05) is 12.0 Å². The standard InChI is InChI=1S/C23H36N4O6S/c1-13(2)11-18(26-20(29)17(24)9-10-34-4)22(31)27-19(21(30)25-14(3)23(32)33)12-15-5-7-16(28)8-6-15/h5-8,13-14,17-19,28H,9-12,24H2,1-4H3,(H,25,30)(H,26,29)(H,27,31)(H,32,33). The van der Waals surface area contributed by atoms with Crippen molar-refractivity contribution in [2.24, 2.45) is 11.7 Å². The number of amides is 3. The highest BCUT2D eigenvalue weighted by Gasteiger charge is 2.30. The Labute approximate surface area is 204 Å². The minimum absolute atomic E-state index is 0.0470. The van der Waals surface area contributed by atoms with Gasteiger partial charge in [0.2, 0.25) is 17.7 Å². The second-order valence-electron chi connectivity index (χ2n) is 8.58. The zero-order chi connectivity index (χ0) is 25.8. The molecule has 0 spiro atoms. The van der Waals surface area contributed by atoms with Crippen LogP contribution in [0, 0.1) is 5.92 Å². The van der Waals surface area contributed by atoms with Crippen LogP contribution in [0.3, 0.4) is 0 Å². The number of nitrogens with one attached hydrogen (secondary N) is 3. The van der Waals surface area contributed by atoms with Crippen molar-refractivity contribution >= 4 is 35.5 Å². The van der Waals surface area contributed by atoms with Gasteiger partial charge in [0.1, 0.15) is 23.9 Å². The molecule has 0 aliphatic carbocycles. The third kappa shape index (κ3) is 10.4. The first-order valence-corrected chi connectivity index (χ1v) is 12.5. The normalized spacial score (nSPS) is 14.5. The Hall–Kier alpha value is -2.79. The molecule has 0 saturated heterocycles. The van der Waals surface area contributed by atoms with Crippen LogP contribution in [0.15, 0.2) is 24.3 Å². The van der Waals surface area contributed by atoms with Crippen LogP contribution in [0.2, 0.25) is 0 Å². The van der Waals surface area contributed by atoms with Crippen molar-refractivity contribution in [1.82, 2.24) is 16.0 Å². The summed E-state index contributed by atoms with van der Waals surface area (Å²) in [5, 5.41) is 26.3. The number of benzene rings is 1. The smallest absolute Gasteiger partial charge is 0.325 e. The molecule has 1 rings (SSSR count). The quantitative estimate of drug-likeness (QED) is 0.218. The fourth-order valence-electron chi connectivity index (χ4n) is 3.08. The molecule has 190 valence electrons. The van der Waals surface area contributed by atoms with E-state index >= 15 is 0 Å². The van der Waals surface area contributed by atoms with Crippen molar-refractivity contribution in [3.05, 3.63) is 29.8 Å². The molecule has 0 heterocycles. The summed E-state index contributed by atoms with van der Waals surface area (Å²) in [6, 6.07) is 2.15. The molecular weight excluding hydrogens is 460 g/mol. The second kappa shape index (κ2) is 14.5. The number of phenolic OH excluding ortho intramolecular Hbond substituents is 1. The number of carboxylic acid groups (broad SMARTS) is 1. The van der Waals surface area contributed by atoms with E-state index < -0.39 is 47.9 Å². The van der Waals surface area contributed by atoms with E-state index in [2.05, 4.69) is 16.0 Å². The monoisotopic (exact) mass is 496 g/mol. The first-order chi connectivity index (χ1) is 15.9. The minimum atomic E-state index is -1.22. The first-order valence-electron chi connectivity index (χ1n) is 11.1. The molecule has 7 N–H and O–H groups in total. The molecule has 0 aliphatic rings. The van der Waals surface area contributed by atoms with E-state index in [-0.39, 0.29) is 18.1 Å². The lowest BCUT2D eigenvalue weighted by atomic mass is 10.0. The van der Waals surface area contributed by atoms with Gasteiger partial charge in [-0.3, -0.25) is 19.2 Å². The van der Waals surface area contributed by atoms with Gasteiger partial charge in [-0.15, -0.1) is 0 Å². The SMILES string of the molecule is CSCCC(N)C(=O)NC(CC(C)C)C(=O)NC(Cc1ccc(O)cc1)C(=O)NC(C)C(=O)O. The van der Waals surface area contributed by atoms with Crippen LogP contribution in [0.5, 0.6) is 5.75 Å². The Bertz CT molecular complexity index is 833. The van der Waals surface area contributed by atoms with Crippen molar-refractivity contribution in [1.29, 1.82) is 0 Å². The maximum absolute atomic E-state index is 13.1. The van der Waals surface area contributed by atoms with Gasteiger partial charge in [0, 0.05) is 6.42 Å². The van der Waals surface area contributed by atoms with E-state index in [1.807, 2.05) is 20.1 Å². The number of aliphatic carboxylic acids is 1. The topological polar surface area (TPSA) is 171 Å². The highest BCUT2D eigenvalue weighted by atomic mass is 32.2. The van der Waals surface area contributed by atoms with Crippen molar-refractivity contribution in [3.8, 4) is 5.75 Å². The fourth-order valence-corrected chi connectivity index (χ4v) is 3.57. The van der Waals surface area contributed by atoms with E-state index in [1.165, 1.54) is 19.1 Å². The fraction of sp³-hybridized carbons (Fsp3) is 0.565. The number of nitrogens with two attached hydrogens (primary N) is 1. The molecule has 0 radical (unpaired) electrons. The number of carbonyl (C=O) groups excluding carboxylic acids is 3. The number of carboxylic acids is 1. The maximum Gasteiger partial charge on any atom is 0.325 e. The lowest BCUT2D eigenvalue weighted by Crippen LogP contribution is -2.57. The van der Waals surface area contributed by atoms with Gasteiger partial charge in [0.25, 0.3) is 0 Å². The molecule has 1 aromatic carbocycles. The largest absolute Gasteiger partial charge is 0.508 e. The molecular formula is C23H36N4O6S. The predicted molar refractivity (Wildman–Crippen MR) is 131 cm³/mol. The number of hydrogen-bond donors (Lipinski definition) is 6. The molecule has 4 unspecified atom stereocenters. The van der Waals surface area contributed by atoms with Crippen LogP contribution in [0.25, 0.3) is 0 Å². The van der Waals surface area contributed by atoms with Gasteiger partial charge in [-0.2, -0.15) is 11.8 Å². The van der Waals surface area contributed by atoms with Crippen LogP contribution in [-0.2, 0) is 25.6 Å². The molecule has 4 atom stereocenters. The van der Waals surface area contributed by atoms with Gasteiger partial charge in [-0.25, -0.2) is 0 Å². The highest BCUT2D eigenvalue weighted by Crippen LogP contribution is 2.13. The highest BCUT2D eigenvalue weighted by molar-refractivity contribution is 7.98. The molecule has 0 aliphatic heterocycles. The van der Waals surface area contributed by atoms with Gasteiger partial charge in [0.05, 0.1) is 6.04 Å². The zero-order valence-electron chi connectivity index (χ0n) is 20.0. The molecule has 3 amide bonds. The summed E-state index contributed by atoms with van der Waals surface area (Å²) in [6.07, 6.45) is 2.75. The number of carbonyl (C=O) groups is 4. The Balaban J connectivity index is 3.04. The maximum atomic E-state index is 13.1. The molecule has 0 aromatic heterocycles. The summed E-state index contributed by atoms with van der Waals surface area (Å²) in [5.41, 5.74) is 6.58. The van der Waals surface area contributed by atoms with Crippen LogP contribution in [0.1, 0.15) is 39.2 Å². The third-order valence-electron chi connectivity index (χ3n) is 5.05. The third-order valence-corrected chi connectivity index (χ3v) is 5.69. The average Bonchev–Trinajstić information content (AvgIpc) is 2.77. The molecule has 0 bridgehead atoms. The van der Waals surface area contributed by atoms with E-state index in [0.717, 1.165) is 0 Å². The summed E-state index contributed by atoms with van der Waals surface area (Å²) in [4.78, 5) is 49.6. The van der Waals surface area contributed by atoms with Crippen LogP contribution < -0.4 is 21.7 Å². The van der Waals surface area contributed by atoms with E-state index in [0.29, 0.717) is 24.2 Å². The summed E-state index contributed by atoms with van der Waals surface area (Å²) >= 11 is 1.56. The van der Waals surface area contributed by atoms with Crippen molar-refractivity contribution < 1.29 is 29.4 Å². The van der Waals surface area contributed by atoms with Gasteiger partial charge in [-0.1, -0.05) is 26.0 Å². The molecule has 0 fully saturated rings. The Morgan fingerprint density at radius 3 is 2.03 bits per heavy atom. The molecule has 11 heteroatoms. The van der Waals surface area contributed by atoms with Crippen molar-refractivity contribution in [2.45, 2.75) is 64.2 Å². The van der Waals surface area contributed by atoms with Gasteiger partial charge >= 0.3 is 5.97 Å². The average molecular weight is 497 g/mol. The van der Waals surface area contributed by atoms with Crippen molar-refractivity contribution in [3.63, 3.8) is 0 Å². The van der Waals surface area contributed by atoms with E-state index in [9.17, 15) is 24.3 Å². The number of rotatable bonds is 14. The van der Waals surface area contributed by atoms with Crippen LogP contribution in [-0.4, -0.2) is 70.1 Å². The van der Waals surface area contributed by atoms with Gasteiger partial charge < -0.3 is 31.9 Å². The number of aromatic hydroxyl groups is 1. The lowest BCUT2D eigenvalue weighted by Gasteiger charge is -2.25.